The zero-order chi connectivity index (χ0) is 12.3. The second-order valence-corrected chi connectivity index (χ2v) is 4.51. The van der Waals surface area contributed by atoms with Crippen molar-refractivity contribution in [1.82, 2.24) is 5.32 Å². The number of aliphatic hydroxyl groups is 1. The van der Waals surface area contributed by atoms with E-state index < -0.39 is 0 Å². The molecule has 2 unspecified atom stereocenters. The maximum Gasteiger partial charge on any atom is 0.125 e. The highest BCUT2D eigenvalue weighted by atomic mass is 19.1. The Morgan fingerprint density at radius 2 is 2.35 bits per heavy atom. The van der Waals surface area contributed by atoms with Gasteiger partial charge in [-0.3, -0.25) is 0 Å². The number of nitrogens with one attached hydrogen (secondary N) is 1. The van der Waals surface area contributed by atoms with Crippen LogP contribution in [0.2, 0.25) is 0 Å². The van der Waals surface area contributed by atoms with E-state index in [1.807, 2.05) is 6.07 Å². The van der Waals surface area contributed by atoms with Gasteiger partial charge in [-0.05, 0) is 31.5 Å². The van der Waals surface area contributed by atoms with E-state index in [4.69, 9.17) is 0 Å². The van der Waals surface area contributed by atoms with Crippen LogP contribution in [0.25, 0.3) is 0 Å². The van der Waals surface area contributed by atoms with Gasteiger partial charge in [0, 0.05) is 31.4 Å². The Labute approximate surface area is 101 Å². The molecule has 2 atom stereocenters. The summed E-state index contributed by atoms with van der Waals surface area (Å²) in [4.78, 5) is 2.12. The van der Waals surface area contributed by atoms with E-state index in [2.05, 4.69) is 17.1 Å². The molecule has 1 heterocycles. The predicted molar refractivity (Wildman–Crippen MR) is 66.7 cm³/mol. The normalized spacial score (nSPS) is 23.9. The fraction of sp³-hybridized carbons (Fsp3) is 0.538. The lowest BCUT2D eigenvalue weighted by Gasteiger charge is -2.26. The minimum absolute atomic E-state index is 0.208. The van der Waals surface area contributed by atoms with Gasteiger partial charge in [0.1, 0.15) is 5.82 Å². The summed E-state index contributed by atoms with van der Waals surface area (Å²) in [5.74, 6) is -0.208. The van der Waals surface area contributed by atoms with E-state index in [1.165, 1.54) is 6.07 Å². The van der Waals surface area contributed by atoms with Crippen LogP contribution in [0.3, 0.4) is 0 Å². The first-order valence-electron chi connectivity index (χ1n) is 6.11. The third kappa shape index (κ3) is 3.17. The first kappa shape index (κ1) is 12.3. The number of halogens is 1. The molecular formula is C13H19FN2O. The third-order valence-electron chi connectivity index (χ3n) is 3.19. The van der Waals surface area contributed by atoms with E-state index in [9.17, 15) is 9.50 Å². The van der Waals surface area contributed by atoms with Crippen LogP contribution < -0.4 is 10.2 Å². The number of nitrogens with zero attached hydrogens (tertiary/aromatic N) is 1. The topological polar surface area (TPSA) is 35.5 Å². The quantitative estimate of drug-likeness (QED) is 0.831. The van der Waals surface area contributed by atoms with Crippen LogP contribution in [0.4, 0.5) is 10.1 Å². The van der Waals surface area contributed by atoms with Gasteiger partial charge in [-0.15, -0.1) is 0 Å². The zero-order valence-electron chi connectivity index (χ0n) is 10.1. The van der Waals surface area contributed by atoms with Crippen LogP contribution in [0, 0.1) is 5.82 Å². The maximum atomic E-state index is 13.2. The van der Waals surface area contributed by atoms with Crippen LogP contribution in [-0.2, 0) is 0 Å². The van der Waals surface area contributed by atoms with Crippen LogP contribution in [-0.4, -0.2) is 36.9 Å². The fourth-order valence-corrected chi connectivity index (χ4v) is 2.29. The summed E-state index contributed by atoms with van der Waals surface area (Å²) in [5.41, 5.74) is 0.899. The van der Waals surface area contributed by atoms with Crippen LogP contribution in [0.15, 0.2) is 24.3 Å². The number of aliphatic hydroxyl groups excluding tert-OH is 1. The molecule has 0 bridgehead atoms. The lowest BCUT2D eigenvalue weighted by Crippen LogP contribution is -2.37. The molecule has 1 aliphatic rings. The standard InChI is InChI=1S/C13H19FN2O/c1-2-16(9-11-7-13(17)8-15-11)12-5-3-4-10(14)6-12/h3-6,11,13,15,17H,2,7-9H2,1H3. The number of hydrogen-bond acceptors (Lipinski definition) is 3. The molecule has 2 N–H and O–H groups in total. The lowest BCUT2D eigenvalue weighted by molar-refractivity contribution is 0.193. The third-order valence-corrected chi connectivity index (χ3v) is 3.19. The summed E-state index contributed by atoms with van der Waals surface area (Å²) >= 11 is 0. The van der Waals surface area contributed by atoms with Gasteiger partial charge in [-0.25, -0.2) is 4.39 Å². The molecule has 3 nitrogen and oxygen atoms in total. The van der Waals surface area contributed by atoms with E-state index in [0.717, 1.165) is 25.2 Å². The Morgan fingerprint density at radius 1 is 1.53 bits per heavy atom. The van der Waals surface area contributed by atoms with Crippen LogP contribution in [0.5, 0.6) is 0 Å². The highest BCUT2D eigenvalue weighted by molar-refractivity contribution is 5.46. The molecule has 0 amide bonds. The Kier molecular flexibility index (Phi) is 3.97. The van der Waals surface area contributed by atoms with Gasteiger partial charge >= 0.3 is 0 Å². The summed E-state index contributed by atoms with van der Waals surface area (Å²) in [5, 5.41) is 12.7. The molecule has 2 rings (SSSR count). The van der Waals surface area contributed by atoms with E-state index >= 15 is 0 Å². The highest BCUT2D eigenvalue weighted by Crippen LogP contribution is 2.17. The summed E-state index contributed by atoms with van der Waals surface area (Å²) in [6.07, 6.45) is 0.525. The zero-order valence-corrected chi connectivity index (χ0v) is 10.1. The first-order valence-corrected chi connectivity index (χ1v) is 6.11. The van der Waals surface area contributed by atoms with Crippen molar-refractivity contribution >= 4 is 5.69 Å². The average molecular weight is 238 g/mol. The molecule has 17 heavy (non-hydrogen) atoms. The van der Waals surface area contributed by atoms with Crippen molar-refractivity contribution in [1.29, 1.82) is 0 Å². The van der Waals surface area contributed by atoms with Gasteiger partial charge in [-0.1, -0.05) is 6.07 Å². The largest absolute Gasteiger partial charge is 0.392 e. The van der Waals surface area contributed by atoms with Crippen molar-refractivity contribution in [2.45, 2.75) is 25.5 Å². The fourth-order valence-electron chi connectivity index (χ4n) is 2.29. The number of likely N-dealkylation sites (N-methyl/N-ethyl adjacent to an activating group) is 1. The number of β-amino-alcohol motifs (C(OH)–C–C–N with tert-alkyl or cyclic N) is 1. The minimum Gasteiger partial charge on any atom is -0.392 e. The van der Waals surface area contributed by atoms with Crippen molar-refractivity contribution in [3.8, 4) is 0 Å². The Hall–Kier alpha value is -1.13. The van der Waals surface area contributed by atoms with Crippen molar-refractivity contribution in [2.24, 2.45) is 0 Å². The molecule has 1 aliphatic heterocycles. The molecule has 1 fully saturated rings. The van der Waals surface area contributed by atoms with Crippen molar-refractivity contribution in [3.63, 3.8) is 0 Å². The minimum atomic E-state index is -0.244. The second kappa shape index (κ2) is 5.47. The maximum absolute atomic E-state index is 13.2. The van der Waals surface area contributed by atoms with Crippen molar-refractivity contribution in [2.75, 3.05) is 24.5 Å². The van der Waals surface area contributed by atoms with E-state index in [-0.39, 0.29) is 18.0 Å². The van der Waals surface area contributed by atoms with Gasteiger partial charge in [0.25, 0.3) is 0 Å². The molecule has 0 aromatic heterocycles. The van der Waals surface area contributed by atoms with Crippen LogP contribution >= 0.6 is 0 Å². The van der Waals surface area contributed by atoms with E-state index in [1.54, 1.807) is 12.1 Å². The number of rotatable bonds is 4. The summed E-state index contributed by atoms with van der Waals surface area (Å²) in [6.45, 7) is 4.34. The molecular weight excluding hydrogens is 219 g/mol. The summed E-state index contributed by atoms with van der Waals surface area (Å²) < 4.78 is 13.2. The van der Waals surface area contributed by atoms with Gasteiger partial charge in [0.15, 0.2) is 0 Å². The summed E-state index contributed by atoms with van der Waals surface area (Å²) in [7, 11) is 0. The molecule has 1 saturated heterocycles. The first-order chi connectivity index (χ1) is 8.19. The Morgan fingerprint density at radius 3 is 2.94 bits per heavy atom. The Balaban J connectivity index is 2.01. The molecule has 1 aromatic rings. The average Bonchev–Trinajstić information content (AvgIpc) is 2.72. The monoisotopic (exact) mass is 238 g/mol. The Bertz CT molecular complexity index is 372. The van der Waals surface area contributed by atoms with E-state index in [0.29, 0.717) is 6.54 Å². The van der Waals surface area contributed by atoms with Gasteiger partial charge < -0.3 is 15.3 Å². The smallest absolute Gasteiger partial charge is 0.125 e. The molecule has 0 radical (unpaired) electrons. The molecule has 94 valence electrons. The number of anilines is 1. The van der Waals surface area contributed by atoms with Crippen molar-refractivity contribution < 1.29 is 9.50 Å². The van der Waals surface area contributed by atoms with Crippen molar-refractivity contribution in [3.05, 3.63) is 30.1 Å². The molecule has 0 aliphatic carbocycles. The van der Waals surface area contributed by atoms with Crippen LogP contribution in [0.1, 0.15) is 13.3 Å². The van der Waals surface area contributed by atoms with Gasteiger partial charge in [-0.2, -0.15) is 0 Å². The molecule has 0 spiro atoms. The summed E-state index contributed by atoms with van der Waals surface area (Å²) in [6, 6.07) is 6.93. The predicted octanol–water partition coefficient (Wildman–Crippen LogP) is 1.37. The molecule has 0 saturated carbocycles. The number of hydrogen-bond donors (Lipinski definition) is 2. The molecule has 1 aromatic carbocycles. The SMILES string of the molecule is CCN(CC1CC(O)CN1)c1cccc(F)c1. The highest BCUT2D eigenvalue weighted by Gasteiger charge is 2.23. The van der Waals surface area contributed by atoms with Gasteiger partial charge in [0.05, 0.1) is 6.10 Å². The second-order valence-electron chi connectivity index (χ2n) is 4.51. The molecule has 4 heteroatoms. The lowest BCUT2D eigenvalue weighted by atomic mass is 10.2. The van der Waals surface area contributed by atoms with Gasteiger partial charge in [0.2, 0.25) is 0 Å². The number of benzene rings is 1.